The quantitative estimate of drug-likeness (QED) is 0.830. The van der Waals surface area contributed by atoms with E-state index < -0.39 is 0 Å². The van der Waals surface area contributed by atoms with Crippen LogP contribution in [0.1, 0.15) is 24.5 Å². The number of carbonyl (C=O) groups is 1. The highest BCUT2D eigenvalue weighted by atomic mass is 79.9. The fourth-order valence-corrected chi connectivity index (χ4v) is 3.28. The molecule has 17 heavy (non-hydrogen) atoms. The van der Waals surface area contributed by atoms with Gasteiger partial charge in [-0.25, -0.2) is 0 Å². The highest BCUT2D eigenvalue weighted by Gasteiger charge is 2.17. The molecule has 0 amide bonds. The SMILES string of the molecule is CC(=O)Cc1cn2c3c(cc(Br)cc13)CCC2. The molecule has 0 aliphatic carbocycles. The molecule has 3 heteroatoms. The number of rotatable bonds is 2. The first kappa shape index (κ1) is 11.0. The molecule has 2 nitrogen and oxygen atoms in total. The molecular weight excluding hydrogens is 278 g/mol. The standard InChI is InChI=1S/C14H14BrNO/c1-9(17)5-11-8-16-4-2-3-10-6-12(15)7-13(11)14(10)16/h6-8H,2-5H2,1H3. The van der Waals surface area contributed by atoms with E-state index in [9.17, 15) is 4.79 Å². The van der Waals surface area contributed by atoms with Crippen LogP contribution in [0.2, 0.25) is 0 Å². The third kappa shape index (κ3) is 1.82. The lowest BCUT2D eigenvalue weighted by molar-refractivity contribution is -0.116. The molecule has 0 atom stereocenters. The molecule has 2 aromatic rings. The van der Waals surface area contributed by atoms with Crippen molar-refractivity contribution in [3.63, 3.8) is 0 Å². The van der Waals surface area contributed by atoms with Gasteiger partial charge in [0, 0.05) is 29.0 Å². The van der Waals surface area contributed by atoms with Crippen molar-refractivity contribution < 1.29 is 4.79 Å². The van der Waals surface area contributed by atoms with E-state index in [0.717, 1.165) is 23.0 Å². The van der Waals surface area contributed by atoms with Crippen molar-refractivity contribution in [3.05, 3.63) is 33.9 Å². The number of aryl methyl sites for hydroxylation is 2. The zero-order valence-corrected chi connectivity index (χ0v) is 11.4. The fourth-order valence-electron chi connectivity index (χ4n) is 2.78. The van der Waals surface area contributed by atoms with Crippen molar-refractivity contribution in [3.8, 4) is 0 Å². The van der Waals surface area contributed by atoms with E-state index in [-0.39, 0.29) is 5.78 Å². The number of aromatic nitrogens is 1. The summed E-state index contributed by atoms with van der Waals surface area (Å²) in [6.07, 6.45) is 5.02. The van der Waals surface area contributed by atoms with E-state index in [1.165, 1.54) is 22.9 Å². The van der Waals surface area contributed by atoms with Gasteiger partial charge in [-0.1, -0.05) is 15.9 Å². The highest BCUT2D eigenvalue weighted by molar-refractivity contribution is 9.10. The molecule has 1 aromatic carbocycles. The molecule has 0 fully saturated rings. The van der Waals surface area contributed by atoms with Gasteiger partial charge in [0.1, 0.15) is 5.78 Å². The van der Waals surface area contributed by atoms with Crippen molar-refractivity contribution in [2.24, 2.45) is 0 Å². The van der Waals surface area contributed by atoms with E-state index in [0.29, 0.717) is 6.42 Å². The molecular formula is C14H14BrNO. The van der Waals surface area contributed by atoms with Crippen molar-refractivity contribution in [2.75, 3.05) is 0 Å². The Morgan fingerprint density at radius 3 is 3.06 bits per heavy atom. The first-order valence-corrected chi connectivity index (χ1v) is 6.74. The summed E-state index contributed by atoms with van der Waals surface area (Å²) in [6, 6.07) is 4.34. The smallest absolute Gasteiger partial charge is 0.134 e. The molecule has 1 aliphatic heterocycles. The number of halogens is 1. The monoisotopic (exact) mass is 291 g/mol. The summed E-state index contributed by atoms with van der Waals surface area (Å²) in [5, 5.41) is 1.24. The Morgan fingerprint density at radius 1 is 1.47 bits per heavy atom. The van der Waals surface area contributed by atoms with Crippen molar-refractivity contribution in [2.45, 2.75) is 32.7 Å². The van der Waals surface area contributed by atoms with Crippen molar-refractivity contribution in [1.29, 1.82) is 0 Å². The molecule has 0 unspecified atom stereocenters. The fraction of sp³-hybridized carbons (Fsp3) is 0.357. The molecule has 2 heterocycles. The predicted octanol–water partition coefficient (Wildman–Crippen LogP) is 3.48. The number of hydrogen-bond acceptors (Lipinski definition) is 1. The Bertz CT molecular complexity index is 612. The zero-order valence-electron chi connectivity index (χ0n) is 9.79. The maximum Gasteiger partial charge on any atom is 0.134 e. The lowest BCUT2D eigenvalue weighted by atomic mass is 10.0. The van der Waals surface area contributed by atoms with Gasteiger partial charge in [0.05, 0.1) is 5.52 Å². The summed E-state index contributed by atoms with van der Waals surface area (Å²) in [5.74, 6) is 0.227. The Labute approximate surface area is 109 Å². The van der Waals surface area contributed by atoms with Crippen LogP contribution in [0, 0.1) is 0 Å². The molecule has 0 saturated heterocycles. The summed E-state index contributed by atoms with van der Waals surface area (Å²) < 4.78 is 3.42. The van der Waals surface area contributed by atoms with Crippen LogP contribution in [0.3, 0.4) is 0 Å². The van der Waals surface area contributed by atoms with Crippen molar-refractivity contribution in [1.82, 2.24) is 4.57 Å². The molecule has 0 radical (unpaired) electrons. The number of nitrogens with zero attached hydrogens (tertiary/aromatic N) is 1. The first-order valence-electron chi connectivity index (χ1n) is 5.95. The van der Waals surface area contributed by atoms with Crippen LogP contribution in [0.5, 0.6) is 0 Å². The van der Waals surface area contributed by atoms with Crippen LogP contribution in [0.25, 0.3) is 10.9 Å². The maximum absolute atomic E-state index is 11.3. The molecule has 0 N–H and O–H groups in total. The van der Waals surface area contributed by atoms with Gasteiger partial charge in [-0.05, 0) is 43.0 Å². The number of hydrogen-bond donors (Lipinski definition) is 0. The first-order chi connectivity index (χ1) is 8.15. The predicted molar refractivity (Wildman–Crippen MR) is 72.3 cm³/mol. The number of benzene rings is 1. The van der Waals surface area contributed by atoms with E-state index in [2.05, 4.69) is 38.8 Å². The largest absolute Gasteiger partial charge is 0.347 e. The lowest BCUT2D eigenvalue weighted by Gasteiger charge is -2.15. The van der Waals surface area contributed by atoms with Gasteiger partial charge >= 0.3 is 0 Å². The van der Waals surface area contributed by atoms with Crippen LogP contribution in [-0.2, 0) is 24.2 Å². The number of Topliss-reactive ketones (excluding diaryl/α,β-unsaturated/α-hetero) is 1. The van der Waals surface area contributed by atoms with Crippen LogP contribution < -0.4 is 0 Å². The minimum Gasteiger partial charge on any atom is -0.347 e. The van der Waals surface area contributed by atoms with Crippen LogP contribution in [0.4, 0.5) is 0 Å². The highest BCUT2D eigenvalue weighted by Crippen LogP contribution is 2.32. The number of carbonyl (C=O) groups excluding carboxylic acids is 1. The molecule has 1 aliphatic rings. The van der Waals surface area contributed by atoms with E-state index in [4.69, 9.17) is 0 Å². The second kappa shape index (κ2) is 3.98. The van der Waals surface area contributed by atoms with Gasteiger partial charge in [-0.2, -0.15) is 0 Å². The molecule has 0 saturated carbocycles. The van der Waals surface area contributed by atoms with Gasteiger partial charge in [0.2, 0.25) is 0 Å². The van der Waals surface area contributed by atoms with Gasteiger partial charge in [0.25, 0.3) is 0 Å². The van der Waals surface area contributed by atoms with E-state index in [1.54, 1.807) is 6.92 Å². The third-order valence-corrected chi connectivity index (χ3v) is 3.84. The average molecular weight is 292 g/mol. The van der Waals surface area contributed by atoms with Crippen LogP contribution >= 0.6 is 15.9 Å². The average Bonchev–Trinajstić information content (AvgIpc) is 2.57. The third-order valence-electron chi connectivity index (χ3n) is 3.38. The maximum atomic E-state index is 11.3. The van der Waals surface area contributed by atoms with E-state index >= 15 is 0 Å². The minimum absolute atomic E-state index is 0.227. The Hall–Kier alpha value is -1.09. The molecule has 88 valence electrons. The Balaban J connectivity index is 2.29. The summed E-state index contributed by atoms with van der Waals surface area (Å²) in [7, 11) is 0. The normalized spacial score (nSPS) is 14.2. The Kier molecular flexibility index (Phi) is 2.58. The molecule has 0 spiro atoms. The second-order valence-electron chi connectivity index (χ2n) is 4.79. The molecule has 1 aromatic heterocycles. The van der Waals surface area contributed by atoms with Crippen molar-refractivity contribution >= 4 is 32.6 Å². The second-order valence-corrected chi connectivity index (χ2v) is 5.71. The van der Waals surface area contributed by atoms with Gasteiger partial charge in [-0.3, -0.25) is 4.79 Å². The van der Waals surface area contributed by atoms with Gasteiger partial charge < -0.3 is 4.57 Å². The topological polar surface area (TPSA) is 22.0 Å². The zero-order chi connectivity index (χ0) is 12.0. The van der Waals surface area contributed by atoms with Gasteiger partial charge in [0.15, 0.2) is 0 Å². The summed E-state index contributed by atoms with van der Waals surface area (Å²) in [5.41, 5.74) is 3.89. The minimum atomic E-state index is 0.227. The molecule has 3 rings (SSSR count). The summed E-state index contributed by atoms with van der Waals surface area (Å²) >= 11 is 3.56. The molecule has 0 bridgehead atoms. The van der Waals surface area contributed by atoms with Gasteiger partial charge in [-0.15, -0.1) is 0 Å². The Morgan fingerprint density at radius 2 is 2.29 bits per heavy atom. The van der Waals surface area contributed by atoms with Crippen LogP contribution in [0.15, 0.2) is 22.8 Å². The number of ketones is 1. The summed E-state index contributed by atoms with van der Waals surface area (Å²) in [6.45, 7) is 2.73. The lowest BCUT2D eigenvalue weighted by Crippen LogP contribution is -2.06. The summed E-state index contributed by atoms with van der Waals surface area (Å²) in [4.78, 5) is 11.3. The van der Waals surface area contributed by atoms with Crippen LogP contribution in [-0.4, -0.2) is 10.4 Å². The van der Waals surface area contributed by atoms with E-state index in [1.807, 2.05) is 0 Å².